The van der Waals surface area contributed by atoms with Crippen LogP contribution in [0.2, 0.25) is 0 Å². The number of hydrogen-bond donors (Lipinski definition) is 1. The van der Waals surface area contributed by atoms with Gasteiger partial charge >= 0.3 is 0 Å². The van der Waals surface area contributed by atoms with Gasteiger partial charge in [-0.2, -0.15) is 0 Å². The van der Waals surface area contributed by atoms with Gasteiger partial charge in [-0.25, -0.2) is 4.39 Å². The molecule has 0 saturated heterocycles. The van der Waals surface area contributed by atoms with E-state index >= 15 is 0 Å². The summed E-state index contributed by atoms with van der Waals surface area (Å²) in [5.74, 6) is -0.159. The number of nitrogens with zero attached hydrogens (tertiary/aromatic N) is 1. The number of halogens is 1. The molecule has 1 N–H and O–H groups in total. The highest BCUT2D eigenvalue weighted by atomic mass is 19.1. The van der Waals surface area contributed by atoms with Crippen LogP contribution in [0.4, 0.5) is 4.39 Å². The second-order valence-electron chi connectivity index (χ2n) is 3.45. The van der Waals surface area contributed by atoms with Crippen LogP contribution >= 0.6 is 0 Å². The van der Waals surface area contributed by atoms with Crippen molar-refractivity contribution in [3.05, 3.63) is 29.6 Å². The Morgan fingerprint density at radius 1 is 1.50 bits per heavy atom. The third-order valence-electron chi connectivity index (χ3n) is 2.60. The largest absolute Gasteiger partial charge is 0.508 e. The van der Waals surface area contributed by atoms with Crippen molar-refractivity contribution in [1.82, 2.24) is 4.90 Å². The van der Waals surface area contributed by atoms with Crippen molar-refractivity contribution in [2.45, 2.75) is 19.9 Å². The number of phenolic OH excluding ortho intramolecular Hbond substituents is 1. The fourth-order valence-electron chi connectivity index (χ4n) is 1.37. The van der Waals surface area contributed by atoms with Crippen LogP contribution in [-0.2, 0) is 0 Å². The monoisotopic (exact) mass is 197 g/mol. The van der Waals surface area contributed by atoms with Crippen LogP contribution in [0.5, 0.6) is 5.75 Å². The minimum absolute atomic E-state index is 0.0238. The summed E-state index contributed by atoms with van der Waals surface area (Å²) in [6.45, 7) is 4.82. The zero-order valence-corrected chi connectivity index (χ0v) is 8.79. The SMILES string of the molecule is CCN(C)C(C)c1cc(F)ccc1O. The van der Waals surface area contributed by atoms with E-state index < -0.39 is 0 Å². The number of phenols is 1. The number of rotatable bonds is 3. The van der Waals surface area contributed by atoms with Gasteiger partial charge in [-0.3, -0.25) is 4.90 Å². The van der Waals surface area contributed by atoms with E-state index in [9.17, 15) is 9.50 Å². The predicted octanol–water partition coefficient (Wildman–Crippen LogP) is 2.54. The molecule has 0 aromatic heterocycles. The molecule has 14 heavy (non-hydrogen) atoms. The van der Waals surface area contributed by atoms with Crippen LogP contribution in [0.15, 0.2) is 18.2 Å². The molecule has 2 nitrogen and oxygen atoms in total. The standard InChI is InChI=1S/C11H16FNO/c1-4-13(3)8(2)10-7-9(12)5-6-11(10)14/h5-8,14H,4H2,1-3H3. The average molecular weight is 197 g/mol. The van der Waals surface area contributed by atoms with Gasteiger partial charge in [-0.15, -0.1) is 0 Å². The first-order chi connectivity index (χ1) is 6.56. The molecule has 0 radical (unpaired) electrons. The number of hydrogen-bond acceptors (Lipinski definition) is 2. The van der Waals surface area contributed by atoms with E-state index in [1.165, 1.54) is 18.2 Å². The molecule has 0 fully saturated rings. The van der Waals surface area contributed by atoms with Gasteiger partial charge in [-0.05, 0) is 38.7 Å². The Labute approximate surface area is 84.0 Å². The fourth-order valence-corrected chi connectivity index (χ4v) is 1.37. The van der Waals surface area contributed by atoms with Gasteiger partial charge in [0.2, 0.25) is 0 Å². The van der Waals surface area contributed by atoms with Crippen molar-refractivity contribution in [3.8, 4) is 5.75 Å². The molecule has 1 atom stereocenters. The summed E-state index contributed by atoms with van der Waals surface area (Å²) in [5.41, 5.74) is 0.634. The van der Waals surface area contributed by atoms with Crippen molar-refractivity contribution in [2.75, 3.05) is 13.6 Å². The zero-order chi connectivity index (χ0) is 10.7. The van der Waals surface area contributed by atoms with E-state index in [1.807, 2.05) is 25.8 Å². The lowest BCUT2D eigenvalue weighted by molar-refractivity contribution is 0.269. The molecular formula is C11H16FNO. The Morgan fingerprint density at radius 3 is 2.71 bits per heavy atom. The lowest BCUT2D eigenvalue weighted by Crippen LogP contribution is -2.21. The first-order valence-electron chi connectivity index (χ1n) is 4.75. The van der Waals surface area contributed by atoms with Gasteiger partial charge in [0.15, 0.2) is 0 Å². The Balaban J connectivity index is 2.99. The summed E-state index contributed by atoms with van der Waals surface area (Å²) < 4.78 is 12.9. The normalized spacial score (nSPS) is 13.2. The van der Waals surface area contributed by atoms with Gasteiger partial charge in [0.1, 0.15) is 11.6 Å². The van der Waals surface area contributed by atoms with Crippen LogP contribution in [-0.4, -0.2) is 23.6 Å². The van der Waals surface area contributed by atoms with E-state index in [-0.39, 0.29) is 17.6 Å². The molecular weight excluding hydrogens is 181 g/mol. The summed E-state index contributed by atoms with van der Waals surface area (Å²) in [5, 5.41) is 9.56. The van der Waals surface area contributed by atoms with E-state index in [0.29, 0.717) is 5.56 Å². The van der Waals surface area contributed by atoms with E-state index in [4.69, 9.17) is 0 Å². The Bertz CT molecular complexity index is 314. The number of aromatic hydroxyl groups is 1. The Morgan fingerprint density at radius 2 is 2.14 bits per heavy atom. The third-order valence-corrected chi connectivity index (χ3v) is 2.60. The maximum atomic E-state index is 12.9. The van der Waals surface area contributed by atoms with Crippen LogP contribution in [0.3, 0.4) is 0 Å². The molecule has 1 aromatic carbocycles. The molecule has 1 unspecified atom stereocenters. The Kier molecular flexibility index (Phi) is 3.47. The highest BCUT2D eigenvalue weighted by molar-refractivity contribution is 5.34. The molecule has 0 heterocycles. The van der Waals surface area contributed by atoms with Crippen molar-refractivity contribution in [2.24, 2.45) is 0 Å². The molecule has 0 aliphatic carbocycles. The highest BCUT2D eigenvalue weighted by Gasteiger charge is 2.14. The fraction of sp³-hybridized carbons (Fsp3) is 0.455. The molecule has 0 bridgehead atoms. The zero-order valence-electron chi connectivity index (χ0n) is 8.79. The van der Waals surface area contributed by atoms with Gasteiger partial charge in [0, 0.05) is 11.6 Å². The third kappa shape index (κ3) is 2.23. The van der Waals surface area contributed by atoms with E-state index in [2.05, 4.69) is 0 Å². The van der Waals surface area contributed by atoms with Gasteiger partial charge in [-0.1, -0.05) is 6.92 Å². The van der Waals surface area contributed by atoms with Crippen LogP contribution in [0.25, 0.3) is 0 Å². The first kappa shape index (κ1) is 11.0. The van der Waals surface area contributed by atoms with Crippen LogP contribution in [0.1, 0.15) is 25.5 Å². The Hall–Kier alpha value is -1.09. The maximum Gasteiger partial charge on any atom is 0.123 e. The molecule has 0 saturated carbocycles. The summed E-state index contributed by atoms with van der Waals surface area (Å²) in [4.78, 5) is 2.04. The lowest BCUT2D eigenvalue weighted by Gasteiger charge is -2.23. The van der Waals surface area contributed by atoms with Gasteiger partial charge in [0.25, 0.3) is 0 Å². The first-order valence-corrected chi connectivity index (χ1v) is 4.75. The summed E-state index contributed by atoms with van der Waals surface area (Å²) in [6, 6.07) is 4.06. The summed E-state index contributed by atoms with van der Waals surface area (Å²) in [7, 11) is 1.94. The van der Waals surface area contributed by atoms with Gasteiger partial charge in [0.05, 0.1) is 0 Å². The molecule has 78 valence electrons. The quantitative estimate of drug-likeness (QED) is 0.805. The highest BCUT2D eigenvalue weighted by Crippen LogP contribution is 2.27. The van der Waals surface area contributed by atoms with Gasteiger partial charge < -0.3 is 5.11 Å². The second-order valence-corrected chi connectivity index (χ2v) is 3.45. The molecule has 0 amide bonds. The van der Waals surface area contributed by atoms with E-state index in [0.717, 1.165) is 6.54 Å². The average Bonchev–Trinajstić information content (AvgIpc) is 2.19. The molecule has 1 rings (SSSR count). The minimum Gasteiger partial charge on any atom is -0.508 e. The summed E-state index contributed by atoms with van der Waals surface area (Å²) in [6.07, 6.45) is 0. The smallest absolute Gasteiger partial charge is 0.123 e. The molecule has 0 spiro atoms. The molecule has 3 heteroatoms. The molecule has 0 aliphatic heterocycles. The molecule has 0 aliphatic rings. The number of benzene rings is 1. The van der Waals surface area contributed by atoms with Crippen LogP contribution < -0.4 is 0 Å². The minimum atomic E-state index is -0.311. The van der Waals surface area contributed by atoms with Crippen molar-refractivity contribution in [3.63, 3.8) is 0 Å². The second kappa shape index (κ2) is 4.42. The predicted molar refractivity (Wildman–Crippen MR) is 54.8 cm³/mol. The summed E-state index contributed by atoms with van der Waals surface area (Å²) >= 11 is 0. The van der Waals surface area contributed by atoms with E-state index in [1.54, 1.807) is 0 Å². The van der Waals surface area contributed by atoms with Crippen LogP contribution in [0, 0.1) is 5.82 Å². The van der Waals surface area contributed by atoms with Crippen molar-refractivity contribution < 1.29 is 9.50 Å². The topological polar surface area (TPSA) is 23.5 Å². The maximum absolute atomic E-state index is 12.9. The molecule has 1 aromatic rings. The lowest BCUT2D eigenvalue weighted by atomic mass is 10.1. The van der Waals surface area contributed by atoms with Crippen molar-refractivity contribution >= 4 is 0 Å². The van der Waals surface area contributed by atoms with Crippen molar-refractivity contribution in [1.29, 1.82) is 0 Å².